The molecule has 0 spiro atoms. The molecule has 0 saturated carbocycles. The highest BCUT2D eigenvalue weighted by atomic mass is 16.3. The summed E-state index contributed by atoms with van der Waals surface area (Å²) in [6.07, 6.45) is 0. The Hall–Kier alpha value is -4.69. The van der Waals surface area contributed by atoms with Crippen LogP contribution in [0.25, 0.3) is 66.4 Å². The van der Waals surface area contributed by atoms with E-state index >= 15 is 0 Å². The first kappa shape index (κ1) is 22.5. The molecule has 0 bridgehead atoms. The van der Waals surface area contributed by atoms with E-state index in [0.29, 0.717) is 5.89 Å². The van der Waals surface area contributed by atoms with E-state index in [9.17, 15) is 0 Å². The molecule has 0 aliphatic heterocycles. The fraction of sp³-hybridized carbons (Fsp3) is 0.0833. The van der Waals surface area contributed by atoms with Crippen molar-refractivity contribution >= 4 is 32.6 Å². The van der Waals surface area contributed by atoms with Crippen molar-refractivity contribution in [3.8, 4) is 33.7 Å². The van der Waals surface area contributed by atoms with Crippen LogP contribution in [-0.4, -0.2) is 4.98 Å². The van der Waals surface area contributed by atoms with Crippen molar-refractivity contribution in [2.24, 2.45) is 0 Å². The third-order valence-electron chi connectivity index (χ3n) is 7.57. The summed E-state index contributed by atoms with van der Waals surface area (Å²) in [6.45, 7) is 6.64. The van der Waals surface area contributed by atoms with Crippen LogP contribution in [-0.2, 0) is 0 Å². The van der Waals surface area contributed by atoms with Crippen LogP contribution in [0.2, 0.25) is 0 Å². The van der Waals surface area contributed by atoms with Gasteiger partial charge in [0.25, 0.3) is 0 Å². The van der Waals surface area contributed by atoms with Crippen molar-refractivity contribution in [2.45, 2.75) is 20.8 Å². The fourth-order valence-electron chi connectivity index (χ4n) is 6.06. The van der Waals surface area contributed by atoms with E-state index in [1.807, 2.05) is 24.3 Å². The van der Waals surface area contributed by atoms with E-state index in [0.717, 1.165) is 16.7 Å². The minimum absolute atomic E-state index is 0.646. The van der Waals surface area contributed by atoms with Crippen molar-refractivity contribution in [3.05, 3.63) is 126 Å². The van der Waals surface area contributed by atoms with E-state index in [2.05, 4.69) is 111 Å². The van der Waals surface area contributed by atoms with Crippen LogP contribution in [0.5, 0.6) is 0 Å². The zero-order valence-electron chi connectivity index (χ0n) is 21.7. The molecule has 0 fully saturated rings. The van der Waals surface area contributed by atoms with Crippen molar-refractivity contribution in [1.82, 2.24) is 4.98 Å². The molecule has 38 heavy (non-hydrogen) atoms. The standard InChI is InChI=1S/C36H27NO/c1-22-20-23(2)33(24(3)21-22)35-29-12-6-4-10-27(29)34(28-11-5-7-13-30(28)35)25-16-18-26(19-17-25)36-37-31-14-8-9-15-32(31)38-36/h4-21H,1-3H3. The Labute approximate surface area is 222 Å². The molecule has 0 aliphatic carbocycles. The van der Waals surface area contributed by atoms with Gasteiger partial charge in [0.05, 0.1) is 0 Å². The van der Waals surface area contributed by atoms with Crippen LogP contribution < -0.4 is 0 Å². The van der Waals surface area contributed by atoms with Gasteiger partial charge in [-0.2, -0.15) is 0 Å². The number of para-hydroxylation sites is 2. The molecule has 0 atom stereocenters. The second kappa shape index (κ2) is 8.71. The van der Waals surface area contributed by atoms with Crippen LogP contribution >= 0.6 is 0 Å². The molecule has 2 heteroatoms. The third-order valence-corrected chi connectivity index (χ3v) is 7.57. The van der Waals surface area contributed by atoms with E-state index in [1.165, 1.54) is 60.5 Å². The number of nitrogens with zero attached hydrogens (tertiary/aromatic N) is 1. The van der Waals surface area contributed by atoms with Crippen molar-refractivity contribution < 1.29 is 4.42 Å². The highest BCUT2D eigenvalue weighted by Crippen LogP contribution is 2.45. The Morgan fingerprint density at radius 2 is 1.00 bits per heavy atom. The minimum Gasteiger partial charge on any atom is -0.436 e. The summed E-state index contributed by atoms with van der Waals surface area (Å²) >= 11 is 0. The molecule has 1 aromatic heterocycles. The Kier molecular flexibility index (Phi) is 5.16. The highest BCUT2D eigenvalue weighted by Gasteiger charge is 2.19. The predicted octanol–water partition coefficient (Wildman–Crippen LogP) is 10.1. The Morgan fingerprint density at radius 1 is 0.500 bits per heavy atom. The molecule has 182 valence electrons. The molecule has 2 nitrogen and oxygen atoms in total. The second-order valence-corrected chi connectivity index (χ2v) is 10.2. The van der Waals surface area contributed by atoms with Gasteiger partial charge in [0.2, 0.25) is 5.89 Å². The van der Waals surface area contributed by atoms with Crippen molar-refractivity contribution in [3.63, 3.8) is 0 Å². The Bertz CT molecular complexity index is 1880. The van der Waals surface area contributed by atoms with Gasteiger partial charge < -0.3 is 4.42 Å². The van der Waals surface area contributed by atoms with Crippen molar-refractivity contribution in [1.29, 1.82) is 0 Å². The normalized spacial score (nSPS) is 11.6. The van der Waals surface area contributed by atoms with Gasteiger partial charge in [0.1, 0.15) is 5.52 Å². The van der Waals surface area contributed by atoms with Gasteiger partial charge in [-0.1, -0.05) is 90.5 Å². The largest absolute Gasteiger partial charge is 0.436 e. The van der Waals surface area contributed by atoms with Gasteiger partial charge in [-0.3, -0.25) is 0 Å². The number of oxazole rings is 1. The summed E-state index contributed by atoms with van der Waals surface area (Å²) in [5.74, 6) is 0.646. The van der Waals surface area contributed by atoms with Gasteiger partial charge in [-0.05, 0) is 100.0 Å². The van der Waals surface area contributed by atoms with Gasteiger partial charge in [0, 0.05) is 5.56 Å². The zero-order chi connectivity index (χ0) is 25.8. The fourth-order valence-corrected chi connectivity index (χ4v) is 6.06. The van der Waals surface area contributed by atoms with Crippen LogP contribution in [0, 0.1) is 20.8 Å². The van der Waals surface area contributed by atoms with Gasteiger partial charge >= 0.3 is 0 Å². The van der Waals surface area contributed by atoms with Crippen LogP contribution in [0.1, 0.15) is 16.7 Å². The number of aryl methyl sites for hydroxylation is 3. The summed E-state index contributed by atoms with van der Waals surface area (Å²) < 4.78 is 6.02. The SMILES string of the molecule is Cc1cc(C)c(-c2c3ccccc3c(-c3ccc(-c4nc5ccccc5o4)cc3)c3ccccc23)c(C)c1. The average Bonchev–Trinajstić information content (AvgIpc) is 3.37. The predicted molar refractivity (Wildman–Crippen MR) is 160 cm³/mol. The summed E-state index contributed by atoms with van der Waals surface area (Å²) in [6, 6.07) is 38.8. The number of hydrogen-bond donors (Lipinski definition) is 0. The topological polar surface area (TPSA) is 26.0 Å². The first-order valence-corrected chi connectivity index (χ1v) is 13.1. The number of fused-ring (bicyclic) bond motifs is 3. The molecule has 0 aliphatic rings. The molecule has 0 unspecified atom stereocenters. The lowest BCUT2D eigenvalue weighted by atomic mass is 9.83. The van der Waals surface area contributed by atoms with Crippen LogP contribution in [0.15, 0.2) is 114 Å². The Balaban J connectivity index is 1.48. The molecule has 7 aromatic rings. The smallest absolute Gasteiger partial charge is 0.227 e. The lowest BCUT2D eigenvalue weighted by molar-refractivity contribution is 0.620. The first-order chi connectivity index (χ1) is 18.6. The van der Waals surface area contributed by atoms with E-state index < -0.39 is 0 Å². The zero-order valence-corrected chi connectivity index (χ0v) is 21.7. The molecule has 0 N–H and O–H groups in total. The van der Waals surface area contributed by atoms with Gasteiger partial charge in [-0.25, -0.2) is 4.98 Å². The third kappa shape index (κ3) is 3.53. The van der Waals surface area contributed by atoms with E-state index in [-0.39, 0.29) is 0 Å². The molecular formula is C36H27NO. The second-order valence-electron chi connectivity index (χ2n) is 10.2. The molecule has 0 radical (unpaired) electrons. The van der Waals surface area contributed by atoms with Crippen LogP contribution in [0.4, 0.5) is 0 Å². The minimum atomic E-state index is 0.646. The summed E-state index contributed by atoms with van der Waals surface area (Å²) in [7, 11) is 0. The van der Waals surface area contributed by atoms with Crippen LogP contribution in [0.3, 0.4) is 0 Å². The molecule has 0 saturated heterocycles. The van der Waals surface area contributed by atoms with Gasteiger partial charge in [0.15, 0.2) is 5.58 Å². The lowest BCUT2D eigenvalue weighted by Crippen LogP contribution is -1.95. The van der Waals surface area contributed by atoms with E-state index in [4.69, 9.17) is 4.42 Å². The quantitative estimate of drug-likeness (QED) is 0.231. The summed E-state index contributed by atoms with van der Waals surface area (Å²) in [5.41, 5.74) is 11.7. The Morgan fingerprint density at radius 3 is 1.58 bits per heavy atom. The lowest BCUT2D eigenvalue weighted by Gasteiger charge is -2.20. The highest BCUT2D eigenvalue weighted by molar-refractivity contribution is 6.21. The van der Waals surface area contributed by atoms with E-state index in [1.54, 1.807) is 0 Å². The maximum atomic E-state index is 6.02. The maximum Gasteiger partial charge on any atom is 0.227 e. The maximum absolute atomic E-state index is 6.02. The van der Waals surface area contributed by atoms with Gasteiger partial charge in [-0.15, -0.1) is 0 Å². The average molecular weight is 490 g/mol. The number of rotatable bonds is 3. The molecule has 0 amide bonds. The number of aromatic nitrogens is 1. The monoisotopic (exact) mass is 489 g/mol. The number of hydrogen-bond acceptors (Lipinski definition) is 2. The molecule has 6 aromatic carbocycles. The summed E-state index contributed by atoms with van der Waals surface area (Å²) in [5, 5.41) is 5.07. The molecular weight excluding hydrogens is 462 g/mol. The molecule has 7 rings (SSSR count). The number of benzene rings is 6. The molecule has 1 heterocycles. The first-order valence-electron chi connectivity index (χ1n) is 13.1. The van der Waals surface area contributed by atoms with Crippen molar-refractivity contribution in [2.75, 3.05) is 0 Å². The summed E-state index contributed by atoms with van der Waals surface area (Å²) in [4.78, 5) is 4.69.